The second kappa shape index (κ2) is 7.66. The summed E-state index contributed by atoms with van der Waals surface area (Å²) in [5.41, 5.74) is 3.44. The first-order chi connectivity index (χ1) is 12.0. The molecule has 0 radical (unpaired) electrons. The summed E-state index contributed by atoms with van der Waals surface area (Å²) < 4.78 is 1.10. The molecular weight excluding hydrogens is 376 g/mol. The number of hydrogen-bond acceptors (Lipinski definition) is 4. The maximum Gasteiger partial charge on any atom is 0.136 e. The molecule has 0 saturated heterocycles. The molecule has 5 heteroatoms. The maximum atomic E-state index is 4.57. The molecule has 2 aromatic carbocycles. The lowest BCUT2D eigenvalue weighted by molar-refractivity contribution is 0.880. The van der Waals surface area contributed by atoms with E-state index in [1.54, 1.807) is 0 Å². The zero-order valence-electron chi connectivity index (χ0n) is 14.6. The molecule has 3 aromatic rings. The van der Waals surface area contributed by atoms with Crippen LogP contribution in [0, 0.1) is 13.8 Å². The van der Waals surface area contributed by atoms with Gasteiger partial charge in [0.25, 0.3) is 0 Å². The Kier molecular flexibility index (Phi) is 5.34. The molecule has 0 aliphatic heterocycles. The van der Waals surface area contributed by atoms with E-state index in [9.17, 15) is 0 Å². The Morgan fingerprint density at radius 2 is 1.76 bits per heavy atom. The van der Waals surface area contributed by atoms with Gasteiger partial charge in [-0.3, -0.25) is 0 Å². The van der Waals surface area contributed by atoms with E-state index in [2.05, 4.69) is 73.4 Å². The molecule has 1 N–H and O–H groups in total. The van der Waals surface area contributed by atoms with Crippen molar-refractivity contribution in [3.8, 4) is 0 Å². The van der Waals surface area contributed by atoms with Crippen molar-refractivity contribution in [1.82, 2.24) is 9.97 Å². The first-order valence-corrected chi connectivity index (χ1v) is 8.94. The predicted octanol–water partition coefficient (Wildman–Crippen LogP) is 5.24. The fraction of sp³-hybridized carbons (Fsp3) is 0.200. The smallest absolute Gasteiger partial charge is 0.136 e. The molecule has 1 aromatic heterocycles. The van der Waals surface area contributed by atoms with Crippen LogP contribution >= 0.6 is 15.9 Å². The number of aryl methyl sites for hydroxylation is 2. The summed E-state index contributed by atoms with van der Waals surface area (Å²) in [5.74, 6) is 2.44. The van der Waals surface area contributed by atoms with E-state index in [4.69, 9.17) is 0 Å². The van der Waals surface area contributed by atoms with Crippen molar-refractivity contribution in [2.24, 2.45) is 0 Å². The Morgan fingerprint density at radius 1 is 1.00 bits per heavy atom. The van der Waals surface area contributed by atoms with Crippen molar-refractivity contribution in [2.45, 2.75) is 20.4 Å². The predicted molar refractivity (Wildman–Crippen MR) is 107 cm³/mol. The van der Waals surface area contributed by atoms with Gasteiger partial charge in [-0.15, -0.1) is 0 Å². The van der Waals surface area contributed by atoms with E-state index in [1.807, 2.05) is 38.2 Å². The molecule has 1 heterocycles. The lowest BCUT2D eigenvalue weighted by Gasteiger charge is -2.19. The third-order valence-electron chi connectivity index (χ3n) is 3.91. The average Bonchev–Trinajstić information content (AvgIpc) is 2.58. The molecule has 0 aliphatic rings. The Balaban J connectivity index is 1.81. The van der Waals surface area contributed by atoms with E-state index >= 15 is 0 Å². The fourth-order valence-corrected chi connectivity index (χ4v) is 2.87. The molecule has 4 nitrogen and oxygen atoms in total. The highest BCUT2D eigenvalue weighted by Crippen LogP contribution is 2.24. The first kappa shape index (κ1) is 17.4. The van der Waals surface area contributed by atoms with Gasteiger partial charge in [-0.05, 0) is 43.2 Å². The number of halogens is 1. The summed E-state index contributed by atoms with van der Waals surface area (Å²) in [4.78, 5) is 11.2. The molecule has 0 amide bonds. The van der Waals surface area contributed by atoms with Crippen LogP contribution < -0.4 is 10.2 Å². The summed E-state index contributed by atoms with van der Waals surface area (Å²) in [6, 6.07) is 18.5. The molecule has 0 spiro atoms. The third-order valence-corrected chi connectivity index (χ3v) is 4.80. The fourth-order valence-electron chi connectivity index (χ4n) is 2.62. The van der Waals surface area contributed by atoms with Gasteiger partial charge in [-0.2, -0.15) is 0 Å². The molecule has 128 valence electrons. The van der Waals surface area contributed by atoms with Crippen LogP contribution in [-0.2, 0) is 6.54 Å². The highest BCUT2D eigenvalue weighted by Gasteiger charge is 2.08. The van der Waals surface area contributed by atoms with Crippen LogP contribution in [0.4, 0.5) is 17.3 Å². The van der Waals surface area contributed by atoms with Gasteiger partial charge >= 0.3 is 0 Å². The molecule has 3 rings (SSSR count). The van der Waals surface area contributed by atoms with Gasteiger partial charge in [-0.1, -0.05) is 46.3 Å². The number of nitrogens with zero attached hydrogens (tertiary/aromatic N) is 3. The van der Waals surface area contributed by atoms with Crippen LogP contribution in [-0.4, -0.2) is 17.0 Å². The number of aromatic nitrogens is 2. The SMILES string of the molecule is Cc1nc(Nc2ccc(Br)c(C)c2)cc(N(C)Cc2ccccc2)n1. The largest absolute Gasteiger partial charge is 0.355 e. The molecular formula is C20H21BrN4. The van der Waals surface area contributed by atoms with Gasteiger partial charge in [0.2, 0.25) is 0 Å². The molecule has 0 fully saturated rings. The highest BCUT2D eigenvalue weighted by molar-refractivity contribution is 9.10. The molecule has 0 aliphatic carbocycles. The lowest BCUT2D eigenvalue weighted by atomic mass is 10.2. The normalized spacial score (nSPS) is 10.6. The van der Waals surface area contributed by atoms with Crippen LogP contribution in [0.2, 0.25) is 0 Å². The minimum absolute atomic E-state index is 0.744. The Morgan fingerprint density at radius 3 is 2.48 bits per heavy atom. The minimum atomic E-state index is 0.744. The lowest BCUT2D eigenvalue weighted by Crippen LogP contribution is -2.18. The first-order valence-electron chi connectivity index (χ1n) is 8.15. The zero-order valence-corrected chi connectivity index (χ0v) is 16.2. The molecule has 0 atom stereocenters. The molecule has 0 saturated carbocycles. The topological polar surface area (TPSA) is 41.1 Å². The molecule has 0 unspecified atom stereocenters. The minimum Gasteiger partial charge on any atom is -0.355 e. The number of nitrogens with one attached hydrogen (secondary N) is 1. The summed E-state index contributed by atoms with van der Waals surface area (Å²) in [7, 11) is 2.04. The van der Waals surface area contributed by atoms with Gasteiger partial charge in [0.1, 0.15) is 17.5 Å². The van der Waals surface area contributed by atoms with Gasteiger partial charge in [0, 0.05) is 29.8 Å². The Bertz CT molecular complexity index is 865. The average molecular weight is 397 g/mol. The second-order valence-electron chi connectivity index (χ2n) is 6.09. The van der Waals surface area contributed by atoms with Crippen LogP contribution in [0.5, 0.6) is 0 Å². The Hall–Kier alpha value is -2.40. The molecule has 0 bridgehead atoms. The van der Waals surface area contributed by atoms with Crippen LogP contribution in [0.1, 0.15) is 17.0 Å². The standard InChI is InChI=1S/C20H21BrN4/c1-14-11-17(9-10-18(14)21)24-19-12-20(23-15(2)22-19)25(3)13-16-7-5-4-6-8-16/h4-12H,13H2,1-3H3,(H,22,23,24). The van der Waals surface area contributed by atoms with Crippen molar-refractivity contribution in [3.63, 3.8) is 0 Å². The molecule has 25 heavy (non-hydrogen) atoms. The van der Waals surface area contributed by atoms with Gasteiger partial charge in [0.15, 0.2) is 0 Å². The monoisotopic (exact) mass is 396 g/mol. The van der Waals surface area contributed by atoms with Crippen LogP contribution in [0.3, 0.4) is 0 Å². The third kappa shape index (κ3) is 4.57. The Labute approximate surface area is 157 Å². The van der Waals surface area contributed by atoms with E-state index in [0.29, 0.717) is 0 Å². The summed E-state index contributed by atoms with van der Waals surface area (Å²) in [6.07, 6.45) is 0. The number of hydrogen-bond donors (Lipinski definition) is 1. The summed E-state index contributed by atoms with van der Waals surface area (Å²) in [5, 5.41) is 3.37. The van der Waals surface area contributed by atoms with Gasteiger partial charge < -0.3 is 10.2 Å². The van der Waals surface area contributed by atoms with Crippen molar-refractivity contribution in [2.75, 3.05) is 17.3 Å². The van der Waals surface area contributed by atoms with Crippen LogP contribution in [0.15, 0.2) is 59.1 Å². The quantitative estimate of drug-likeness (QED) is 0.640. The number of rotatable bonds is 5. The van der Waals surface area contributed by atoms with E-state index in [-0.39, 0.29) is 0 Å². The van der Waals surface area contributed by atoms with E-state index in [1.165, 1.54) is 11.1 Å². The van der Waals surface area contributed by atoms with E-state index < -0.39 is 0 Å². The van der Waals surface area contributed by atoms with Crippen molar-refractivity contribution < 1.29 is 0 Å². The van der Waals surface area contributed by atoms with Crippen LogP contribution in [0.25, 0.3) is 0 Å². The highest BCUT2D eigenvalue weighted by atomic mass is 79.9. The van der Waals surface area contributed by atoms with Gasteiger partial charge in [0.05, 0.1) is 0 Å². The van der Waals surface area contributed by atoms with Gasteiger partial charge in [-0.25, -0.2) is 9.97 Å². The second-order valence-corrected chi connectivity index (χ2v) is 6.94. The van der Waals surface area contributed by atoms with E-state index in [0.717, 1.165) is 34.2 Å². The van der Waals surface area contributed by atoms with Crippen molar-refractivity contribution >= 4 is 33.3 Å². The number of benzene rings is 2. The van der Waals surface area contributed by atoms with Crippen molar-refractivity contribution in [1.29, 1.82) is 0 Å². The van der Waals surface area contributed by atoms with Crippen molar-refractivity contribution in [3.05, 3.63) is 76.0 Å². The summed E-state index contributed by atoms with van der Waals surface area (Å²) >= 11 is 3.53. The summed E-state index contributed by atoms with van der Waals surface area (Å²) in [6.45, 7) is 4.78. The maximum absolute atomic E-state index is 4.57. The zero-order chi connectivity index (χ0) is 17.8. The number of anilines is 3.